The van der Waals surface area contributed by atoms with E-state index in [0.717, 1.165) is 15.1 Å². The van der Waals surface area contributed by atoms with Gasteiger partial charge in [-0.3, -0.25) is 0 Å². The highest BCUT2D eigenvalue weighted by molar-refractivity contribution is 9.10. The molecule has 110 valence electrons. The van der Waals surface area contributed by atoms with Crippen molar-refractivity contribution in [3.8, 4) is 6.07 Å². The van der Waals surface area contributed by atoms with E-state index in [1.807, 2.05) is 36.4 Å². The fourth-order valence-corrected chi connectivity index (χ4v) is 4.13. The van der Waals surface area contributed by atoms with Gasteiger partial charge in [0, 0.05) is 21.3 Å². The van der Waals surface area contributed by atoms with Gasteiger partial charge >= 0.3 is 0 Å². The van der Waals surface area contributed by atoms with E-state index in [1.54, 1.807) is 0 Å². The monoisotopic (exact) mass is 373 g/mol. The second-order valence-corrected chi connectivity index (χ2v) is 7.34. The molecule has 1 aliphatic carbocycles. The molecule has 4 heteroatoms. The molecule has 4 atom stereocenters. The highest BCUT2D eigenvalue weighted by Crippen LogP contribution is 2.73. The molecule has 2 aromatic rings. The van der Waals surface area contributed by atoms with Crippen LogP contribution in [-0.2, 0) is 4.74 Å². The van der Waals surface area contributed by atoms with E-state index in [9.17, 15) is 5.26 Å². The third-order valence-corrected chi connectivity index (χ3v) is 5.64. The number of nitriles is 1. The Morgan fingerprint density at radius 1 is 1.09 bits per heavy atom. The number of hydrogen-bond donors (Lipinski definition) is 0. The Morgan fingerprint density at radius 2 is 1.73 bits per heavy atom. The summed E-state index contributed by atoms with van der Waals surface area (Å²) in [6, 6.07) is 18.5. The Bertz CT molecular complexity index is 752. The van der Waals surface area contributed by atoms with Crippen molar-refractivity contribution in [2.75, 3.05) is 6.61 Å². The van der Waals surface area contributed by atoms with E-state index in [2.05, 4.69) is 34.1 Å². The molecular weight excluding hydrogens is 362 g/mol. The van der Waals surface area contributed by atoms with Gasteiger partial charge in [0.25, 0.3) is 0 Å². The average molecular weight is 375 g/mol. The van der Waals surface area contributed by atoms with Crippen LogP contribution in [0.1, 0.15) is 23.1 Å². The molecule has 1 saturated carbocycles. The Hall–Kier alpha value is -1.34. The predicted octanol–water partition coefficient (Wildman–Crippen LogP) is 5.10. The standard InChI is InChI=1S/C18H13BrClNO/c19-13-5-1-12(2-6-13)17-16-15(18(16,9-21)10-22-17)11-3-7-14(20)8-4-11/h1-8,15-17H,10H2/t15-,16+,17+,18+/m0/s1. The Morgan fingerprint density at radius 3 is 2.36 bits per heavy atom. The summed E-state index contributed by atoms with van der Waals surface area (Å²) in [7, 11) is 0. The molecule has 0 radical (unpaired) electrons. The minimum Gasteiger partial charge on any atom is -0.371 e. The molecule has 0 N–H and O–H groups in total. The van der Waals surface area contributed by atoms with Crippen LogP contribution in [0, 0.1) is 22.7 Å². The Labute approximate surface area is 142 Å². The van der Waals surface area contributed by atoms with E-state index < -0.39 is 0 Å². The van der Waals surface area contributed by atoms with Crippen LogP contribution in [0.2, 0.25) is 5.02 Å². The third kappa shape index (κ3) is 2.02. The molecule has 0 unspecified atom stereocenters. The first-order valence-electron chi connectivity index (χ1n) is 7.19. The molecule has 0 amide bonds. The summed E-state index contributed by atoms with van der Waals surface area (Å²) in [6.45, 7) is 0.502. The zero-order chi connectivity index (χ0) is 15.3. The Balaban J connectivity index is 1.68. The molecule has 2 fully saturated rings. The SMILES string of the molecule is N#C[C@]12CO[C@H](c3ccc(Br)cc3)[C@H]1[C@@H]2c1ccc(Cl)cc1. The minimum atomic E-state index is -0.383. The largest absolute Gasteiger partial charge is 0.371 e. The number of fused-ring (bicyclic) bond motifs is 1. The van der Waals surface area contributed by atoms with E-state index in [0.29, 0.717) is 6.61 Å². The quantitative estimate of drug-likeness (QED) is 0.733. The van der Waals surface area contributed by atoms with Crippen LogP contribution in [-0.4, -0.2) is 6.61 Å². The van der Waals surface area contributed by atoms with E-state index in [1.165, 1.54) is 5.56 Å². The lowest BCUT2D eigenvalue weighted by molar-refractivity contribution is 0.0703. The molecular formula is C18H13BrClNO. The van der Waals surface area contributed by atoms with Crippen molar-refractivity contribution in [2.45, 2.75) is 12.0 Å². The van der Waals surface area contributed by atoms with Gasteiger partial charge in [-0.25, -0.2) is 0 Å². The summed E-state index contributed by atoms with van der Waals surface area (Å²) in [5.74, 6) is 0.456. The molecule has 4 rings (SSSR count). The molecule has 22 heavy (non-hydrogen) atoms. The van der Waals surface area contributed by atoms with Crippen molar-refractivity contribution >= 4 is 27.5 Å². The highest BCUT2D eigenvalue weighted by atomic mass is 79.9. The number of rotatable bonds is 2. The summed E-state index contributed by atoms with van der Waals surface area (Å²) >= 11 is 9.42. The number of halogens is 2. The van der Waals surface area contributed by atoms with Crippen LogP contribution >= 0.6 is 27.5 Å². The maximum atomic E-state index is 9.70. The van der Waals surface area contributed by atoms with Crippen molar-refractivity contribution < 1.29 is 4.74 Å². The number of ether oxygens (including phenoxy) is 1. The van der Waals surface area contributed by atoms with Gasteiger partial charge < -0.3 is 4.74 Å². The Kier molecular flexibility index (Phi) is 3.30. The summed E-state index contributed by atoms with van der Waals surface area (Å²) in [5.41, 5.74) is 1.94. The summed E-state index contributed by atoms with van der Waals surface area (Å²) < 4.78 is 6.99. The first kappa shape index (κ1) is 14.3. The van der Waals surface area contributed by atoms with Crippen LogP contribution in [0.3, 0.4) is 0 Å². The molecule has 0 spiro atoms. The lowest BCUT2D eigenvalue weighted by Crippen LogP contribution is -2.08. The molecule has 2 aliphatic rings. The number of benzene rings is 2. The molecule has 2 nitrogen and oxygen atoms in total. The zero-order valence-corrected chi connectivity index (χ0v) is 14.0. The van der Waals surface area contributed by atoms with Gasteiger partial charge in [0.1, 0.15) is 0 Å². The highest BCUT2D eigenvalue weighted by Gasteiger charge is 2.73. The second kappa shape index (κ2) is 5.09. The molecule has 0 aromatic heterocycles. The van der Waals surface area contributed by atoms with Crippen molar-refractivity contribution in [3.05, 3.63) is 69.2 Å². The van der Waals surface area contributed by atoms with Crippen molar-refractivity contribution in [1.82, 2.24) is 0 Å². The summed E-state index contributed by atoms with van der Waals surface area (Å²) in [6.07, 6.45) is -0.00609. The number of hydrogen-bond acceptors (Lipinski definition) is 2. The maximum Gasteiger partial charge on any atom is 0.0941 e. The smallest absolute Gasteiger partial charge is 0.0941 e. The van der Waals surface area contributed by atoms with Gasteiger partial charge in [0.15, 0.2) is 0 Å². The van der Waals surface area contributed by atoms with E-state index in [4.69, 9.17) is 16.3 Å². The van der Waals surface area contributed by atoms with Crippen LogP contribution in [0.4, 0.5) is 0 Å². The summed E-state index contributed by atoms with van der Waals surface area (Å²) in [4.78, 5) is 0. The van der Waals surface area contributed by atoms with E-state index in [-0.39, 0.29) is 23.4 Å². The van der Waals surface area contributed by atoms with Crippen LogP contribution in [0.5, 0.6) is 0 Å². The maximum absolute atomic E-state index is 9.70. The van der Waals surface area contributed by atoms with Crippen molar-refractivity contribution in [2.24, 2.45) is 11.3 Å². The van der Waals surface area contributed by atoms with Gasteiger partial charge in [-0.2, -0.15) is 5.26 Å². The topological polar surface area (TPSA) is 33.0 Å². The first-order chi connectivity index (χ1) is 10.7. The van der Waals surface area contributed by atoms with Crippen LogP contribution in [0.25, 0.3) is 0 Å². The first-order valence-corrected chi connectivity index (χ1v) is 8.36. The fraction of sp³-hybridized carbons (Fsp3) is 0.278. The van der Waals surface area contributed by atoms with Crippen molar-refractivity contribution in [1.29, 1.82) is 5.26 Å². The van der Waals surface area contributed by atoms with Gasteiger partial charge in [0.05, 0.1) is 24.2 Å². The lowest BCUT2D eigenvalue weighted by Gasteiger charge is -2.16. The molecule has 1 saturated heterocycles. The van der Waals surface area contributed by atoms with Crippen LogP contribution in [0.15, 0.2) is 53.0 Å². The fourth-order valence-electron chi connectivity index (χ4n) is 3.74. The second-order valence-electron chi connectivity index (χ2n) is 5.99. The summed E-state index contributed by atoms with van der Waals surface area (Å²) in [5, 5.41) is 10.4. The normalized spacial score (nSPS) is 32.3. The van der Waals surface area contributed by atoms with Gasteiger partial charge in [-0.05, 0) is 35.4 Å². The minimum absolute atomic E-state index is 0.00609. The molecule has 1 heterocycles. The molecule has 2 aromatic carbocycles. The van der Waals surface area contributed by atoms with E-state index >= 15 is 0 Å². The van der Waals surface area contributed by atoms with Gasteiger partial charge in [-0.15, -0.1) is 0 Å². The lowest BCUT2D eigenvalue weighted by atomic mass is 10.0. The molecule has 1 aliphatic heterocycles. The zero-order valence-electron chi connectivity index (χ0n) is 11.7. The average Bonchev–Trinajstić information content (AvgIpc) is 3.04. The third-order valence-electron chi connectivity index (χ3n) is 4.86. The van der Waals surface area contributed by atoms with Crippen molar-refractivity contribution in [3.63, 3.8) is 0 Å². The van der Waals surface area contributed by atoms with Gasteiger partial charge in [-0.1, -0.05) is 51.8 Å². The van der Waals surface area contributed by atoms with Gasteiger partial charge in [0.2, 0.25) is 0 Å². The number of nitrogens with zero attached hydrogens (tertiary/aromatic N) is 1. The predicted molar refractivity (Wildman–Crippen MR) is 88.6 cm³/mol. The molecule has 0 bridgehead atoms. The van der Waals surface area contributed by atoms with Crippen LogP contribution < -0.4 is 0 Å².